The van der Waals surface area contributed by atoms with Crippen molar-refractivity contribution < 1.29 is 29.0 Å². The number of carboxylic acid groups (broad SMARTS) is 2. The third-order valence-corrected chi connectivity index (χ3v) is 2.59. The fourth-order valence-electron chi connectivity index (χ4n) is 1.51. The average molecular weight is 284 g/mol. The maximum absolute atomic E-state index is 11.8. The van der Waals surface area contributed by atoms with Crippen molar-refractivity contribution in [2.24, 2.45) is 0 Å². The van der Waals surface area contributed by atoms with E-state index in [1.54, 1.807) is 6.07 Å². The molecule has 0 aliphatic heterocycles. The summed E-state index contributed by atoms with van der Waals surface area (Å²) in [5.74, 6) is -2.38. The molecule has 1 unspecified atom stereocenters. The number of furan rings is 1. The first-order valence-electron chi connectivity index (χ1n) is 5.87. The van der Waals surface area contributed by atoms with Crippen molar-refractivity contribution in [2.45, 2.75) is 25.4 Å². The molecule has 0 spiro atoms. The molecule has 0 aliphatic rings. The van der Waals surface area contributed by atoms with Gasteiger partial charge in [0.05, 0.1) is 19.1 Å². The van der Waals surface area contributed by atoms with E-state index in [1.165, 1.54) is 24.5 Å². The number of nitrogens with one attached hydrogen (secondary N) is 1. The van der Waals surface area contributed by atoms with E-state index in [2.05, 4.69) is 5.32 Å². The molecule has 1 rings (SSSR count). The monoisotopic (exact) mass is 284 g/mol. The molecule has 3 N–H and O–H groups in total. The minimum Gasteiger partial charge on any atom is -0.481 e. The van der Waals surface area contributed by atoms with Gasteiger partial charge in [0.2, 0.25) is 0 Å². The highest BCUT2D eigenvalue weighted by molar-refractivity contribution is 5.82. The Morgan fingerprint density at radius 3 is 2.60 bits per heavy atom. The molecule has 1 aromatic heterocycles. The summed E-state index contributed by atoms with van der Waals surface area (Å²) >= 11 is 0. The van der Waals surface area contributed by atoms with Crippen LogP contribution in [0.2, 0.25) is 0 Å². The molecule has 1 atom stereocenters. The summed E-state index contributed by atoms with van der Waals surface area (Å²) in [4.78, 5) is 34.5. The predicted molar refractivity (Wildman–Crippen MR) is 67.0 cm³/mol. The number of carboxylic acids is 2. The lowest BCUT2D eigenvalue weighted by Crippen LogP contribution is -2.46. The van der Waals surface area contributed by atoms with Crippen molar-refractivity contribution in [3.63, 3.8) is 0 Å². The van der Waals surface area contributed by atoms with Gasteiger partial charge < -0.3 is 24.8 Å². The number of aliphatic carboxylic acids is 2. The normalized spacial score (nSPS) is 11.7. The molecule has 8 nitrogen and oxygen atoms in total. The van der Waals surface area contributed by atoms with Crippen molar-refractivity contribution in [1.82, 2.24) is 10.2 Å². The van der Waals surface area contributed by atoms with Crippen LogP contribution in [0.25, 0.3) is 0 Å². The minimum absolute atomic E-state index is 0.171. The van der Waals surface area contributed by atoms with Gasteiger partial charge in [-0.3, -0.25) is 4.79 Å². The summed E-state index contributed by atoms with van der Waals surface area (Å²) in [6.45, 7) is 0.258. The van der Waals surface area contributed by atoms with Gasteiger partial charge in [-0.2, -0.15) is 0 Å². The van der Waals surface area contributed by atoms with Crippen LogP contribution in [0.5, 0.6) is 0 Å². The number of hydrogen-bond donors (Lipinski definition) is 3. The maximum atomic E-state index is 11.8. The first-order valence-corrected chi connectivity index (χ1v) is 5.87. The standard InChI is InChI=1S/C12H16N2O6/c1-14(6-8-4-5-20-7-8)12(19)13-9(11(17)18)2-3-10(15)16/h4-5,7,9H,2-3,6H2,1H3,(H,13,19)(H,15,16)(H,17,18). The molecule has 2 amide bonds. The van der Waals surface area contributed by atoms with Crippen molar-refractivity contribution in [3.8, 4) is 0 Å². The van der Waals surface area contributed by atoms with E-state index in [1.807, 2.05) is 0 Å². The largest absolute Gasteiger partial charge is 0.481 e. The van der Waals surface area contributed by atoms with Crippen molar-refractivity contribution in [1.29, 1.82) is 0 Å². The van der Waals surface area contributed by atoms with Gasteiger partial charge in [0.25, 0.3) is 0 Å². The van der Waals surface area contributed by atoms with Gasteiger partial charge in [0.1, 0.15) is 6.04 Å². The van der Waals surface area contributed by atoms with E-state index in [0.717, 1.165) is 5.56 Å². The van der Waals surface area contributed by atoms with Gasteiger partial charge in [0, 0.05) is 19.0 Å². The van der Waals surface area contributed by atoms with E-state index >= 15 is 0 Å². The highest BCUT2D eigenvalue weighted by Crippen LogP contribution is 2.05. The van der Waals surface area contributed by atoms with Gasteiger partial charge >= 0.3 is 18.0 Å². The summed E-state index contributed by atoms with van der Waals surface area (Å²) in [5, 5.41) is 19.7. The molecule has 8 heteroatoms. The Morgan fingerprint density at radius 2 is 2.10 bits per heavy atom. The second-order valence-corrected chi connectivity index (χ2v) is 4.26. The zero-order valence-electron chi connectivity index (χ0n) is 10.9. The molecule has 20 heavy (non-hydrogen) atoms. The van der Waals surface area contributed by atoms with Crippen LogP contribution in [0.3, 0.4) is 0 Å². The summed E-state index contributed by atoms with van der Waals surface area (Å²) in [5.41, 5.74) is 0.764. The van der Waals surface area contributed by atoms with Crippen LogP contribution in [-0.4, -0.2) is 46.2 Å². The molecule has 0 radical (unpaired) electrons. The van der Waals surface area contributed by atoms with E-state index in [4.69, 9.17) is 14.6 Å². The number of rotatable bonds is 7. The highest BCUT2D eigenvalue weighted by Gasteiger charge is 2.22. The fraction of sp³-hybridized carbons (Fsp3) is 0.417. The van der Waals surface area contributed by atoms with Crippen LogP contribution in [0.1, 0.15) is 18.4 Å². The number of hydrogen-bond acceptors (Lipinski definition) is 4. The Labute approximate surface area is 115 Å². The lowest BCUT2D eigenvalue weighted by Gasteiger charge is -2.20. The quantitative estimate of drug-likeness (QED) is 0.679. The highest BCUT2D eigenvalue weighted by atomic mass is 16.4. The lowest BCUT2D eigenvalue weighted by molar-refractivity contribution is -0.140. The van der Waals surface area contributed by atoms with E-state index < -0.39 is 24.0 Å². The molecule has 0 saturated heterocycles. The SMILES string of the molecule is CN(Cc1ccoc1)C(=O)NC(CCC(=O)O)C(=O)O. The third-order valence-electron chi connectivity index (χ3n) is 2.59. The molecule has 0 fully saturated rings. The first-order chi connectivity index (χ1) is 9.40. The second-order valence-electron chi connectivity index (χ2n) is 4.26. The Hall–Kier alpha value is -2.51. The zero-order chi connectivity index (χ0) is 15.1. The van der Waals surface area contributed by atoms with Crippen LogP contribution in [0.4, 0.5) is 4.79 Å². The van der Waals surface area contributed by atoms with Crippen LogP contribution < -0.4 is 5.32 Å². The number of urea groups is 1. The molecule has 0 aliphatic carbocycles. The third kappa shape index (κ3) is 5.01. The van der Waals surface area contributed by atoms with Crippen molar-refractivity contribution in [3.05, 3.63) is 24.2 Å². The summed E-state index contributed by atoms with van der Waals surface area (Å²) < 4.78 is 4.86. The van der Waals surface area contributed by atoms with Gasteiger partial charge in [-0.05, 0) is 12.5 Å². The van der Waals surface area contributed by atoms with Crippen LogP contribution in [0.15, 0.2) is 23.0 Å². The molecular weight excluding hydrogens is 268 g/mol. The second kappa shape index (κ2) is 7.17. The molecule has 0 bridgehead atoms. The van der Waals surface area contributed by atoms with E-state index in [-0.39, 0.29) is 19.4 Å². The van der Waals surface area contributed by atoms with Crippen LogP contribution in [-0.2, 0) is 16.1 Å². The lowest BCUT2D eigenvalue weighted by atomic mass is 10.1. The number of carbonyl (C=O) groups excluding carboxylic acids is 1. The maximum Gasteiger partial charge on any atom is 0.326 e. The molecular formula is C12H16N2O6. The van der Waals surface area contributed by atoms with Gasteiger partial charge in [-0.15, -0.1) is 0 Å². The zero-order valence-corrected chi connectivity index (χ0v) is 10.9. The molecule has 1 aromatic rings. The Bertz CT molecular complexity index is 470. The topological polar surface area (TPSA) is 120 Å². The van der Waals surface area contributed by atoms with E-state index in [0.29, 0.717) is 0 Å². The van der Waals surface area contributed by atoms with E-state index in [9.17, 15) is 14.4 Å². The van der Waals surface area contributed by atoms with Gasteiger partial charge in [-0.1, -0.05) is 0 Å². The molecule has 1 heterocycles. The summed E-state index contributed by atoms with van der Waals surface area (Å²) in [6.07, 6.45) is 2.44. The Balaban J connectivity index is 2.52. The summed E-state index contributed by atoms with van der Waals surface area (Å²) in [7, 11) is 1.50. The molecule has 0 saturated carbocycles. The number of carbonyl (C=O) groups is 3. The van der Waals surface area contributed by atoms with Crippen molar-refractivity contribution in [2.75, 3.05) is 7.05 Å². The first kappa shape index (κ1) is 15.5. The number of amides is 2. The summed E-state index contributed by atoms with van der Waals surface area (Å²) in [6, 6.07) is -0.141. The van der Waals surface area contributed by atoms with Gasteiger partial charge in [-0.25, -0.2) is 9.59 Å². The molecule has 0 aromatic carbocycles. The van der Waals surface area contributed by atoms with Crippen LogP contribution >= 0.6 is 0 Å². The Morgan fingerprint density at radius 1 is 1.40 bits per heavy atom. The predicted octanol–water partition coefficient (Wildman–Crippen LogP) is 0.739. The fourth-order valence-corrected chi connectivity index (χ4v) is 1.51. The molecule has 110 valence electrons. The number of nitrogens with zero attached hydrogens (tertiary/aromatic N) is 1. The van der Waals surface area contributed by atoms with Crippen LogP contribution in [0, 0.1) is 0 Å². The smallest absolute Gasteiger partial charge is 0.326 e. The Kier molecular flexibility index (Phi) is 5.57. The van der Waals surface area contributed by atoms with Crippen molar-refractivity contribution >= 4 is 18.0 Å². The average Bonchev–Trinajstić information content (AvgIpc) is 2.86. The van der Waals surface area contributed by atoms with Gasteiger partial charge in [0.15, 0.2) is 0 Å². The minimum atomic E-state index is -1.27.